The second-order valence-electron chi connectivity index (χ2n) is 6.19. The molecule has 134 valence electrons. The van der Waals surface area contributed by atoms with Crippen LogP contribution in [-0.2, 0) is 10.5 Å². The van der Waals surface area contributed by atoms with Crippen LogP contribution >= 0.6 is 11.8 Å². The number of amides is 1. The van der Waals surface area contributed by atoms with Crippen molar-refractivity contribution in [3.05, 3.63) is 82.3 Å². The molecule has 0 saturated carbocycles. The molecule has 2 aromatic rings. The molecule has 6 heteroatoms. The summed E-state index contributed by atoms with van der Waals surface area (Å²) in [5.74, 6) is -0.0885. The van der Waals surface area contributed by atoms with E-state index < -0.39 is 11.9 Å². The van der Waals surface area contributed by atoms with E-state index in [-0.39, 0.29) is 5.82 Å². The Hall–Kier alpha value is -2.60. The third-order valence-electron chi connectivity index (χ3n) is 4.17. The summed E-state index contributed by atoms with van der Waals surface area (Å²) in [7, 11) is 0. The molecule has 1 heterocycles. The highest BCUT2D eigenvalue weighted by Gasteiger charge is 2.27. The number of hydrogen-bond donors (Lipinski definition) is 2. The lowest BCUT2D eigenvalue weighted by Crippen LogP contribution is -2.32. The zero-order valence-electron chi connectivity index (χ0n) is 14.6. The number of nitrogens with two attached hydrogens (primary N) is 1. The minimum atomic E-state index is -0.480. The Bertz CT molecular complexity index is 873. The van der Waals surface area contributed by atoms with E-state index in [2.05, 4.69) is 5.32 Å². The summed E-state index contributed by atoms with van der Waals surface area (Å²) < 4.78 is 13.0. The predicted molar refractivity (Wildman–Crippen MR) is 104 cm³/mol. The first-order chi connectivity index (χ1) is 12.4. The number of hydrogen-bond acceptors (Lipinski definition) is 4. The Morgan fingerprint density at radius 2 is 1.81 bits per heavy atom. The molecule has 0 saturated heterocycles. The lowest BCUT2D eigenvalue weighted by Gasteiger charge is -2.25. The van der Waals surface area contributed by atoms with Crippen LogP contribution in [0, 0.1) is 12.7 Å². The molecule has 1 aliphatic rings. The summed E-state index contributed by atoms with van der Waals surface area (Å²) in [6.45, 7) is 3.84. The number of amidine groups is 1. The van der Waals surface area contributed by atoms with Gasteiger partial charge in [0.05, 0.1) is 5.57 Å². The van der Waals surface area contributed by atoms with Crippen LogP contribution in [-0.4, -0.2) is 11.1 Å². The monoisotopic (exact) mass is 369 g/mol. The van der Waals surface area contributed by atoms with Gasteiger partial charge in [0.15, 0.2) is 5.17 Å². The number of nitrogens with one attached hydrogen (secondary N) is 1. The minimum absolute atomic E-state index is 0.254. The van der Waals surface area contributed by atoms with Gasteiger partial charge in [-0.2, -0.15) is 0 Å². The number of primary amides is 1. The summed E-state index contributed by atoms with van der Waals surface area (Å²) in [6.07, 6.45) is 0. The molecule has 0 unspecified atom stereocenters. The summed E-state index contributed by atoms with van der Waals surface area (Å²) in [4.78, 5) is 16.6. The molecule has 0 aromatic heterocycles. The Morgan fingerprint density at radius 3 is 2.42 bits per heavy atom. The molecule has 1 amide bonds. The van der Waals surface area contributed by atoms with E-state index in [0.29, 0.717) is 22.2 Å². The van der Waals surface area contributed by atoms with E-state index in [9.17, 15) is 9.18 Å². The number of aliphatic imine (C=N–C) groups is 1. The number of allylic oxidation sites excluding steroid dienone is 1. The first-order valence-electron chi connectivity index (χ1n) is 8.23. The predicted octanol–water partition coefficient (Wildman–Crippen LogP) is 3.83. The van der Waals surface area contributed by atoms with Gasteiger partial charge in [0.2, 0.25) is 5.91 Å². The Balaban J connectivity index is 1.85. The Kier molecular flexibility index (Phi) is 5.42. The maximum absolute atomic E-state index is 13.0. The molecule has 26 heavy (non-hydrogen) atoms. The second kappa shape index (κ2) is 7.74. The van der Waals surface area contributed by atoms with E-state index in [4.69, 9.17) is 10.7 Å². The summed E-state index contributed by atoms with van der Waals surface area (Å²) in [6, 6.07) is 13.9. The van der Waals surface area contributed by atoms with Gasteiger partial charge in [-0.05, 0) is 37.1 Å². The molecule has 1 aliphatic heterocycles. The van der Waals surface area contributed by atoms with Crippen molar-refractivity contribution in [2.75, 3.05) is 0 Å². The van der Waals surface area contributed by atoms with Gasteiger partial charge in [-0.25, -0.2) is 9.38 Å². The number of halogens is 1. The van der Waals surface area contributed by atoms with E-state index in [1.807, 2.05) is 38.1 Å². The molecule has 0 spiro atoms. The van der Waals surface area contributed by atoms with Crippen LogP contribution in [0.2, 0.25) is 0 Å². The fourth-order valence-electron chi connectivity index (χ4n) is 2.76. The Labute approximate surface area is 156 Å². The highest BCUT2D eigenvalue weighted by Crippen LogP contribution is 2.32. The van der Waals surface area contributed by atoms with Gasteiger partial charge in [-0.1, -0.05) is 53.7 Å². The quantitative estimate of drug-likeness (QED) is 0.861. The molecule has 1 atom stereocenters. The van der Waals surface area contributed by atoms with E-state index in [1.165, 1.54) is 23.9 Å². The van der Waals surface area contributed by atoms with Gasteiger partial charge >= 0.3 is 0 Å². The molecule has 4 nitrogen and oxygen atoms in total. The molecule has 3 N–H and O–H groups in total. The van der Waals surface area contributed by atoms with Gasteiger partial charge in [0.1, 0.15) is 11.9 Å². The van der Waals surface area contributed by atoms with Crippen molar-refractivity contribution in [2.45, 2.75) is 25.6 Å². The maximum Gasteiger partial charge on any atom is 0.248 e. The number of carbonyl (C=O) groups is 1. The fourth-order valence-corrected chi connectivity index (χ4v) is 3.66. The van der Waals surface area contributed by atoms with Gasteiger partial charge in [0.25, 0.3) is 0 Å². The normalized spacial score (nSPS) is 16.9. The van der Waals surface area contributed by atoms with Crippen LogP contribution in [0.5, 0.6) is 0 Å². The molecule has 3 rings (SSSR count). The zero-order valence-corrected chi connectivity index (χ0v) is 15.4. The average Bonchev–Trinajstić information content (AvgIpc) is 2.61. The van der Waals surface area contributed by atoms with E-state index in [1.54, 1.807) is 12.1 Å². The largest absolute Gasteiger partial charge is 0.366 e. The maximum atomic E-state index is 13.0. The van der Waals surface area contributed by atoms with Gasteiger partial charge in [0, 0.05) is 11.4 Å². The molecular weight excluding hydrogens is 349 g/mol. The number of benzene rings is 2. The van der Waals surface area contributed by atoms with Gasteiger partial charge < -0.3 is 11.1 Å². The first-order valence-corrected chi connectivity index (χ1v) is 9.22. The van der Waals surface area contributed by atoms with Crippen LogP contribution in [0.15, 0.2) is 64.8 Å². The van der Waals surface area contributed by atoms with Crippen LogP contribution in [0.25, 0.3) is 0 Å². The molecule has 0 radical (unpaired) electrons. The molecule has 2 aromatic carbocycles. The Morgan fingerprint density at radius 1 is 1.15 bits per heavy atom. The highest BCUT2D eigenvalue weighted by molar-refractivity contribution is 8.13. The summed E-state index contributed by atoms with van der Waals surface area (Å²) >= 11 is 1.51. The minimum Gasteiger partial charge on any atom is -0.366 e. The summed E-state index contributed by atoms with van der Waals surface area (Å²) in [5.41, 5.74) is 9.83. The summed E-state index contributed by atoms with van der Waals surface area (Å²) in [5, 5.41) is 3.87. The van der Waals surface area contributed by atoms with Gasteiger partial charge in [-0.3, -0.25) is 4.79 Å². The molecule has 0 bridgehead atoms. The molecule has 0 aliphatic carbocycles. The molecular formula is C20H20FN3OS. The van der Waals surface area contributed by atoms with Crippen molar-refractivity contribution < 1.29 is 9.18 Å². The average molecular weight is 369 g/mol. The zero-order chi connectivity index (χ0) is 18.7. The van der Waals surface area contributed by atoms with Crippen molar-refractivity contribution in [3.8, 4) is 0 Å². The fraction of sp³-hybridized carbons (Fsp3) is 0.200. The van der Waals surface area contributed by atoms with Crippen LogP contribution in [0.4, 0.5) is 4.39 Å². The van der Waals surface area contributed by atoms with Crippen LogP contribution < -0.4 is 11.1 Å². The van der Waals surface area contributed by atoms with Crippen molar-refractivity contribution in [1.82, 2.24) is 5.32 Å². The standard InChI is InChI=1S/C20H20FN3OS/c1-12-3-7-15(8-4-12)18-17(19(22)25)13(2)23-20(24-18)26-11-14-5-9-16(21)10-6-14/h3-10,18H,11H2,1-2H3,(H2,22,25)(H,23,24)/t18-/m1/s1. The SMILES string of the molecule is CC1=C(C(N)=O)[C@@H](c2ccc(C)cc2)N=C(SCc2ccc(F)cc2)N1. The van der Waals surface area contributed by atoms with E-state index in [0.717, 1.165) is 16.7 Å². The number of aryl methyl sites for hydroxylation is 1. The van der Waals surface area contributed by atoms with Crippen LogP contribution in [0.3, 0.4) is 0 Å². The third-order valence-corrected chi connectivity index (χ3v) is 5.12. The van der Waals surface area contributed by atoms with Crippen molar-refractivity contribution >= 4 is 22.8 Å². The number of rotatable bonds is 4. The highest BCUT2D eigenvalue weighted by atomic mass is 32.2. The van der Waals surface area contributed by atoms with Gasteiger partial charge in [-0.15, -0.1) is 0 Å². The third kappa shape index (κ3) is 4.14. The first kappa shape index (κ1) is 18.2. The van der Waals surface area contributed by atoms with E-state index >= 15 is 0 Å². The lowest BCUT2D eigenvalue weighted by atomic mass is 9.95. The van der Waals surface area contributed by atoms with Crippen molar-refractivity contribution in [3.63, 3.8) is 0 Å². The number of nitrogens with zero attached hydrogens (tertiary/aromatic N) is 1. The molecule has 0 fully saturated rings. The van der Waals surface area contributed by atoms with Crippen molar-refractivity contribution in [2.24, 2.45) is 10.7 Å². The topological polar surface area (TPSA) is 67.5 Å². The van der Waals surface area contributed by atoms with Crippen molar-refractivity contribution in [1.29, 1.82) is 0 Å². The lowest BCUT2D eigenvalue weighted by molar-refractivity contribution is -0.114. The second-order valence-corrected chi connectivity index (χ2v) is 7.15. The smallest absolute Gasteiger partial charge is 0.248 e. The number of thioether (sulfide) groups is 1. The number of carbonyl (C=O) groups excluding carboxylic acids is 1. The van der Waals surface area contributed by atoms with Crippen LogP contribution in [0.1, 0.15) is 29.7 Å².